The van der Waals surface area contributed by atoms with Crippen LogP contribution in [0.25, 0.3) is 0 Å². The summed E-state index contributed by atoms with van der Waals surface area (Å²) in [7, 11) is 0. The van der Waals surface area contributed by atoms with E-state index in [0.29, 0.717) is 5.41 Å². The molecular weight excluding hydrogens is 210 g/mol. The van der Waals surface area contributed by atoms with Gasteiger partial charge in [-0.1, -0.05) is 27.2 Å². The third-order valence-corrected chi connectivity index (χ3v) is 3.98. The zero-order valence-corrected chi connectivity index (χ0v) is 12.1. The predicted molar refractivity (Wildman–Crippen MR) is 74.3 cm³/mol. The van der Waals surface area contributed by atoms with Gasteiger partial charge in [0.1, 0.15) is 0 Å². The van der Waals surface area contributed by atoms with Crippen molar-refractivity contribution in [3.63, 3.8) is 0 Å². The first-order valence-electron chi connectivity index (χ1n) is 7.51. The molecule has 0 spiro atoms. The topological polar surface area (TPSA) is 21.3 Å². The van der Waals surface area contributed by atoms with Crippen molar-refractivity contribution < 1.29 is 4.74 Å². The van der Waals surface area contributed by atoms with Crippen molar-refractivity contribution in [2.24, 2.45) is 11.3 Å². The molecule has 0 saturated heterocycles. The zero-order chi connectivity index (χ0) is 12.6. The number of unbranched alkanes of at least 4 members (excludes halogenated alkanes) is 1. The minimum atomic E-state index is 0.474. The van der Waals surface area contributed by atoms with Gasteiger partial charge in [-0.3, -0.25) is 0 Å². The lowest BCUT2D eigenvalue weighted by atomic mass is 9.81. The van der Waals surface area contributed by atoms with Crippen LogP contribution in [-0.4, -0.2) is 26.3 Å². The fourth-order valence-corrected chi connectivity index (χ4v) is 2.42. The van der Waals surface area contributed by atoms with Crippen LogP contribution in [0, 0.1) is 11.3 Å². The van der Waals surface area contributed by atoms with Crippen molar-refractivity contribution in [2.75, 3.05) is 26.3 Å². The normalized spacial score (nSPS) is 19.2. The van der Waals surface area contributed by atoms with E-state index in [0.717, 1.165) is 25.7 Å². The molecule has 1 unspecified atom stereocenters. The predicted octanol–water partition coefficient (Wildman–Crippen LogP) is 3.61. The Bertz CT molecular complexity index is 191. The Morgan fingerprint density at radius 3 is 2.53 bits per heavy atom. The van der Waals surface area contributed by atoms with E-state index in [1.165, 1.54) is 45.1 Å². The Kier molecular flexibility index (Phi) is 7.14. The second-order valence-corrected chi connectivity index (χ2v) is 5.82. The lowest BCUT2D eigenvalue weighted by Crippen LogP contribution is -2.35. The molecule has 0 aromatic rings. The van der Waals surface area contributed by atoms with E-state index in [9.17, 15) is 0 Å². The van der Waals surface area contributed by atoms with Crippen LogP contribution in [0.15, 0.2) is 0 Å². The molecule has 102 valence electrons. The van der Waals surface area contributed by atoms with Gasteiger partial charge in [-0.25, -0.2) is 0 Å². The SMILES string of the molecule is CCCCOCCC(C)(CNCCC)C1CC1. The molecule has 1 rings (SSSR count). The molecule has 1 atom stereocenters. The molecule has 2 nitrogen and oxygen atoms in total. The maximum atomic E-state index is 5.73. The Morgan fingerprint density at radius 2 is 1.94 bits per heavy atom. The van der Waals surface area contributed by atoms with Crippen molar-refractivity contribution in [3.8, 4) is 0 Å². The summed E-state index contributed by atoms with van der Waals surface area (Å²) in [4.78, 5) is 0. The number of nitrogens with one attached hydrogen (secondary N) is 1. The highest BCUT2D eigenvalue weighted by molar-refractivity contribution is 4.92. The molecule has 0 aromatic heterocycles. The molecular formula is C15H31NO. The largest absolute Gasteiger partial charge is 0.381 e. The van der Waals surface area contributed by atoms with Crippen LogP contribution in [0.2, 0.25) is 0 Å². The van der Waals surface area contributed by atoms with Gasteiger partial charge in [0, 0.05) is 19.8 Å². The van der Waals surface area contributed by atoms with Gasteiger partial charge >= 0.3 is 0 Å². The summed E-state index contributed by atoms with van der Waals surface area (Å²) in [6, 6.07) is 0. The monoisotopic (exact) mass is 241 g/mol. The first-order chi connectivity index (χ1) is 8.23. The van der Waals surface area contributed by atoms with E-state index in [4.69, 9.17) is 4.74 Å². The zero-order valence-electron chi connectivity index (χ0n) is 12.1. The van der Waals surface area contributed by atoms with E-state index >= 15 is 0 Å². The molecule has 1 aliphatic rings. The quantitative estimate of drug-likeness (QED) is 0.558. The highest BCUT2D eigenvalue weighted by Gasteiger charge is 2.40. The summed E-state index contributed by atoms with van der Waals surface area (Å²) in [5.41, 5.74) is 0.474. The molecule has 2 heteroatoms. The summed E-state index contributed by atoms with van der Waals surface area (Å²) >= 11 is 0. The van der Waals surface area contributed by atoms with Gasteiger partial charge in [-0.2, -0.15) is 0 Å². The second-order valence-electron chi connectivity index (χ2n) is 5.82. The molecule has 17 heavy (non-hydrogen) atoms. The summed E-state index contributed by atoms with van der Waals surface area (Å²) in [5, 5.41) is 3.59. The Balaban J connectivity index is 2.17. The highest BCUT2D eigenvalue weighted by Crippen LogP contribution is 2.47. The second kappa shape index (κ2) is 8.10. The van der Waals surface area contributed by atoms with Gasteiger partial charge in [0.05, 0.1) is 0 Å². The van der Waals surface area contributed by atoms with Gasteiger partial charge in [-0.15, -0.1) is 0 Å². The summed E-state index contributed by atoms with van der Waals surface area (Å²) in [6.07, 6.45) is 7.75. The van der Waals surface area contributed by atoms with Crippen LogP contribution in [0.3, 0.4) is 0 Å². The third kappa shape index (κ3) is 5.87. The van der Waals surface area contributed by atoms with E-state index in [1.807, 2.05) is 0 Å². The fraction of sp³-hybridized carbons (Fsp3) is 1.00. The first kappa shape index (κ1) is 15.0. The van der Waals surface area contributed by atoms with Crippen LogP contribution in [0.1, 0.15) is 59.3 Å². The third-order valence-electron chi connectivity index (χ3n) is 3.98. The van der Waals surface area contributed by atoms with Gasteiger partial charge in [0.2, 0.25) is 0 Å². The van der Waals surface area contributed by atoms with E-state index in [1.54, 1.807) is 0 Å². The minimum Gasteiger partial charge on any atom is -0.381 e. The molecule has 0 aromatic carbocycles. The summed E-state index contributed by atoms with van der Waals surface area (Å²) < 4.78 is 5.73. The van der Waals surface area contributed by atoms with Gasteiger partial charge < -0.3 is 10.1 Å². The fourth-order valence-electron chi connectivity index (χ4n) is 2.42. The van der Waals surface area contributed by atoms with Crippen LogP contribution in [0.5, 0.6) is 0 Å². The number of ether oxygens (including phenoxy) is 1. The van der Waals surface area contributed by atoms with E-state index in [-0.39, 0.29) is 0 Å². The van der Waals surface area contributed by atoms with Gasteiger partial charge in [-0.05, 0) is 50.0 Å². The van der Waals surface area contributed by atoms with Crippen molar-refractivity contribution >= 4 is 0 Å². The Labute approximate surface area is 108 Å². The molecule has 0 amide bonds. The summed E-state index contributed by atoms with van der Waals surface area (Å²) in [5.74, 6) is 0.946. The molecule has 0 bridgehead atoms. The molecule has 1 fully saturated rings. The van der Waals surface area contributed by atoms with E-state index < -0.39 is 0 Å². The molecule has 0 aliphatic heterocycles. The van der Waals surface area contributed by atoms with Crippen molar-refractivity contribution in [1.29, 1.82) is 0 Å². The molecule has 0 heterocycles. The van der Waals surface area contributed by atoms with Crippen LogP contribution in [-0.2, 0) is 4.74 Å². The van der Waals surface area contributed by atoms with Gasteiger partial charge in [0.15, 0.2) is 0 Å². The lowest BCUT2D eigenvalue weighted by Gasteiger charge is -2.30. The van der Waals surface area contributed by atoms with Crippen molar-refractivity contribution in [2.45, 2.75) is 59.3 Å². The Morgan fingerprint density at radius 1 is 1.18 bits per heavy atom. The average Bonchev–Trinajstić information content (AvgIpc) is 3.13. The summed E-state index contributed by atoms with van der Waals surface area (Å²) in [6.45, 7) is 11.1. The van der Waals surface area contributed by atoms with Gasteiger partial charge in [0.25, 0.3) is 0 Å². The lowest BCUT2D eigenvalue weighted by molar-refractivity contribution is 0.0880. The van der Waals surface area contributed by atoms with E-state index in [2.05, 4.69) is 26.1 Å². The molecule has 1 saturated carbocycles. The Hall–Kier alpha value is -0.0800. The maximum Gasteiger partial charge on any atom is 0.0471 e. The standard InChI is InChI=1S/C15H31NO/c1-4-6-11-17-12-9-15(3,14-7-8-14)13-16-10-5-2/h14,16H,4-13H2,1-3H3. The number of hydrogen-bond donors (Lipinski definition) is 1. The molecule has 0 radical (unpaired) electrons. The smallest absolute Gasteiger partial charge is 0.0471 e. The average molecular weight is 241 g/mol. The van der Waals surface area contributed by atoms with Crippen molar-refractivity contribution in [3.05, 3.63) is 0 Å². The van der Waals surface area contributed by atoms with Crippen molar-refractivity contribution in [1.82, 2.24) is 5.32 Å². The molecule has 1 N–H and O–H groups in total. The highest BCUT2D eigenvalue weighted by atomic mass is 16.5. The number of hydrogen-bond acceptors (Lipinski definition) is 2. The van der Waals surface area contributed by atoms with Crippen LogP contribution >= 0.6 is 0 Å². The minimum absolute atomic E-state index is 0.474. The van der Waals surface area contributed by atoms with Crippen LogP contribution in [0.4, 0.5) is 0 Å². The maximum absolute atomic E-state index is 5.73. The molecule has 1 aliphatic carbocycles. The first-order valence-corrected chi connectivity index (χ1v) is 7.51. The van der Waals surface area contributed by atoms with Crippen LogP contribution < -0.4 is 5.32 Å². The number of rotatable bonds is 11.